The highest BCUT2D eigenvalue weighted by atomic mass is 35.5. The Balaban J connectivity index is 2.03. The number of hydrogen-bond donors (Lipinski definition) is 1. The van der Waals surface area contributed by atoms with E-state index in [1.54, 1.807) is 0 Å². The zero-order chi connectivity index (χ0) is 12.1. The molecule has 1 aliphatic heterocycles. The molecule has 1 heterocycles. The van der Waals surface area contributed by atoms with Crippen LogP contribution in [0.5, 0.6) is 0 Å². The summed E-state index contributed by atoms with van der Waals surface area (Å²) in [5, 5.41) is 0.816. The third-order valence-electron chi connectivity index (χ3n) is 3.21. The highest BCUT2D eigenvalue weighted by Crippen LogP contribution is 2.24. The van der Waals surface area contributed by atoms with E-state index < -0.39 is 0 Å². The number of benzene rings is 1. The monoisotopic (exact) mass is 254 g/mol. The van der Waals surface area contributed by atoms with Crippen molar-refractivity contribution in [1.29, 1.82) is 0 Å². The number of morpholine rings is 1. The standard InChI is InChI=1S/C13H19ClN2O/c14-13-4-2-1-3-12(13)11(9-15)10-16-5-7-17-8-6-16/h1-4,11H,5-10,15H2. The first-order valence-electron chi connectivity index (χ1n) is 6.06. The molecule has 1 fully saturated rings. The Labute approximate surface area is 107 Å². The zero-order valence-electron chi connectivity index (χ0n) is 9.94. The van der Waals surface area contributed by atoms with Crippen molar-refractivity contribution < 1.29 is 4.74 Å². The summed E-state index contributed by atoms with van der Waals surface area (Å²) in [6, 6.07) is 7.97. The van der Waals surface area contributed by atoms with Gasteiger partial charge in [0.15, 0.2) is 0 Å². The van der Waals surface area contributed by atoms with E-state index in [4.69, 9.17) is 22.1 Å². The summed E-state index contributed by atoms with van der Waals surface area (Å²) in [5.74, 6) is 0.307. The Hall–Kier alpha value is -0.610. The second-order valence-electron chi connectivity index (χ2n) is 4.37. The van der Waals surface area contributed by atoms with Gasteiger partial charge >= 0.3 is 0 Å². The van der Waals surface area contributed by atoms with Crippen LogP contribution in [-0.2, 0) is 4.74 Å². The number of halogens is 1. The maximum atomic E-state index is 6.22. The van der Waals surface area contributed by atoms with Crippen LogP contribution in [0.15, 0.2) is 24.3 Å². The van der Waals surface area contributed by atoms with Gasteiger partial charge in [-0.2, -0.15) is 0 Å². The molecule has 17 heavy (non-hydrogen) atoms. The van der Waals surface area contributed by atoms with Crippen molar-refractivity contribution >= 4 is 11.6 Å². The van der Waals surface area contributed by atoms with Crippen molar-refractivity contribution in [3.8, 4) is 0 Å². The maximum absolute atomic E-state index is 6.22. The average molecular weight is 255 g/mol. The fourth-order valence-electron chi connectivity index (χ4n) is 2.20. The molecule has 1 saturated heterocycles. The quantitative estimate of drug-likeness (QED) is 0.889. The van der Waals surface area contributed by atoms with Crippen LogP contribution in [-0.4, -0.2) is 44.3 Å². The summed E-state index contributed by atoms with van der Waals surface area (Å²) in [6.45, 7) is 5.20. The Morgan fingerprint density at radius 3 is 2.65 bits per heavy atom. The molecule has 0 saturated carbocycles. The SMILES string of the molecule is NCC(CN1CCOCC1)c1ccccc1Cl. The first-order valence-corrected chi connectivity index (χ1v) is 6.43. The summed E-state index contributed by atoms with van der Waals surface area (Å²) in [6.07, 6.45) is 0. The fourth-order valence-corrected chi connectivity index (χ4v) is 2.49. The van der Waals surface area contributed by atoms with Gasteiger partial charge in [-0.15, -0.1) is 0 Å². The second kappa shape index (κ2) is 6.36. The third kappa shape index (κ3) is 3.42. The first kappa shape index (κ1) is 12.8. The van der Waals surface area contributed by atoms with E-state index in [-0.39, 0.29) is 0 Å². The molecule has 4 heteroatoms. The molecule has 0 bridgehead atoms. The smallest absolute Gasteiger partial charge is 0.0594 e. The molecule has 1 aromatic rings. The maximum Gasteiger partial charge on any atom is 0.0594 e. The number of ether oxygens (including phenoxy) is 1. The van der Waals surface area contributed by atoms with Gasteiger partial charge in [0.1, 0.15) is 0 Å². The van der Waals surface area contributed by atoms with E-state index in [2.05, 4.69) is 11.0 Å². The molecule has 1 atom stereocenters. The molecular weight excluding hydrogens is 236 g/mol. The molecular formula is C13H19ClN2O. The summed E-state index contributed by atoms with van der Waals surface area (Å²) < 4.78 is 5.35. The summed E-state index contributed by atoms with van der Waals surface area (Å²) in [4.78, 5) is 2.39. The molecule has 0 amide bonds. The van der Waals surface area contributed by atoms with Gasteiger partial charge in [-0.05, 0) is 11.6 Å². The Morgan fingerprint density at radius 2 is 2.00 bits per heavy atom. The molecule has 0 aliphatic carbocycles. The minimum Gasteiger partial charge on any atom is -0.379 e. The Bertz CT molecular complexity index is 353. The number of hydrogen-bond acceptors (Lipinski definition) is 3. The molecule has 0 spiro atoms. The van der Waals surface area contributed by atoms with E-state index in [0.717, 1.165) is 43.4 Å². The van der Waals surface area contributed by atoms with Crippen molar-refractivity contribution in [2.75, 3.05) is 39.4 Å². The normalized spacial score (nSPS) is 19.2. The first-order chi connectivity index (χ1) is 8.31. The van der Waals surface area contributed by atoms with Crippen LogP contribution < -0.4 is 5.73 Å². The molecule has 1 aromatic carbocycles. The molecule has 3 nitrogen and oxygen atoms in total. The molecule has 1 aliphatic rings. The van der Waals surface area contributed by atoms with Crippen molar-refractivity contribution in [2.24, 2.45) is 5.73 Å². The summed E-state index contributed by atoms with van der Waals surface area (Å²) in [5.41, 5.74) is 7.03. The Kier molecular flexibility index (Phi) is 4.80. The van der Waals surface area contributed by atoms with E-state index >= 15 is 0 Å². The van der Waals surface area contributed by atoms with Crippen molar-refractivity contribution in [3.05, 3.63) is 34.9 Å². The zero-order valence-corrected chi connectivity index (χ0v) is 10.7. The topological polar surface area (TPSA) is 38.5 Å². The van der Waals surface area contributed by atoms with Crippen LogP contribution in [0.4, 0.5) is 0 Å². The molecule has 0 radical (unpaired) electrons. The summed E-state index contributed by atoms with van der Waals surface area (Å²) >= 11 is 6.22. The fraction of sp³-hybridized carbons (Fsp3) is 0.538. The lowest BCUT2D eigenvalue weighted by Gasteiger charge is -2.30. The molecule has 94 valence electrons. The van der Waals surface area contributed by atoms with Gasteiger partial charge in [0.05, 0.1) is 13.2 Å². The lowest BCUT2D eigenvalue weighted by molar-refractivity contribution is 0.0353. The molecule has 0 aromatic heterocycles. The van der Waals surface area contributed by atoms with Crippen LogP contribution in [0, 0.1) is 0 Å². The predicted octanol–water partition coefficient (Wildman–Crippen LogP) is 1.71. The molecule has 2 N–H and O–H groups in total. The number of nitrogens with zero attached hydrogens (tertiary/aromatic N) is 1. The Morgan fingerprint density at radius 1 is 1.29 bits per heavy atom. The van der Waals surface area contributed by atoms with E-state index in [1.807, 2.05) is 18.2 Å². The minimum atomic E-state index is 0.307. The van der Waals surface area contributed by atoms with Crippen molar-refractivity contribution in [2.45, 2.75) is 5.92 Å². The van der Waals surface area contributed by atoms with Gasteiger partial charge < -0.3 is 10.5 Å². The van der Waals surface area contributed by atoms with Crippen LogP contribution in [0.1, 0.15) is 11.5 Å². The number of rotatable bonds is 4. The van der Waals surface area contributed by atoms with Crippen LogP contribution in [0.3, 0.4) is 0 Å². The summed E-state index contributed by atoms with van der Waals surface area (Å²) in [7, 11) is 0. The van der Waals surface area contributed by atoms with Gasteiger partial charge in [-0.1, -0.05) is 29.8 Å². The van der Waals surface area contributed by atoms with Gasteiger partial charge in [0.25, 0.3) is 0 Å². The molecule has 1 unspecified atom stereocenters. The van der Waals surface area contributed by atoms with Crippen molar-refractivity contribution in [3.63, 3.8) is 0 Å². The van der Waals surface area contributed by atoms with Crippen molar-refractivity contribution in [1.82, 2.24) is 4.90 Å². The van der Waals surface area contributed by atoms with E-state index in [0.29, 0.717) is 12.5 Å². The van der Waals surface area contributed by atoms with Crippen LogP contribution in [0.2, 0.25) is 5.02 Å². The minimum absolute atomic E-state index is 0.307. The highest BCUT2D eigenvalue weighted by molar-refractivity contribution is 6.31. The third-order valence-corrected chi connectivity index (χ3v) is 3.56. The van der Waals surface area contributed by atoms with Gasteiger partial charge in [0, 0.05) is 37.1 Å². The lowest BCUT2D eigenvalue weighted by Crippen LogP contribution is -2.40. The lowest BCUT2D eigenvalue weighted by atomic mass is 9.98. The van der Waals surface area contributed by atoms with Gasteiger partial charge in [-0.25, -0.2) is 0 Å². The second-order valence-corrected chi connectivity index (χ2v) is 4.77. The largest absolute Gasteiger partial charge is 0.379 e. The van der Waals surface area contributed by atoms with Gasteiger partial charge in [0.2, 0.25) is 0 Å². The predicted molar refractivity (Wildman–Crippen MR) is 70.5 cm³/mol. The molecule has 2 rings (SSSR count). The van der Waals surface area contributed by atoms with Crippen LogP contribution >= 0.6 is 11.6 Å². The number of nitrogens with two attached hydrogens (primary N) is 1. The van der Waals surface area contributed by atoms with Crippen LogP contribution in [0.25, 0.3) is 0 Å². The van der Waals surface area contributed by atoms with Gasteiger partial charge in [-0.3, -0.25) is 4.90 Å². The van der Waals surface area contributed by atoms with E-state index in [9.17, 15) is 0 Å². The van der Waals surface area contributed by atoms with E-state index in [1.165, 1.54) is 0 Å². The highest BCUT2D eigenvalue weighted by Gasteiger charge is 2.18. The average Bonchev–Trinajstić information content (AvgIpc) is 2.38.